The van der Waals surface area contributed by atoms with Gasteiger partial charge in [-0.05, 0) is 32.6 Å². The highest BCUT2D eigenvalue weighted by atomic mass is 16.4. The summed E-state index contributed by atoms with van der Waals surface area (Å²) < 4.78 is 0. The van der Waals surface area contributed by atoms with Crippen molar-refractivity contribution in [1.29, 1.82) is 0 Å². The van der Waals surface area contributed by atoms with Crippen molar-refractivity contribution >= 4 is 17.9 Å². The standard InChI is InChI=1S/C13H23N3O4/c1-4-15(3)12(19)9(2)14-13(20)16(8-11(17)18)7-10-5-6-10/h9-10H,4-8H2,1-3H3,(H,14,20)(H,17,18). The van der Waals surface area contributed by atoms with Gasteiger partial charge in [0.2, 0.25) is 5.91 Å². The molecule has 0 heterocycles. The first kappa shape index (κ1) is 16.3. The Kier molecular flexibility index (Phi) is 5.79. The fourth-order valence-corrected chi connectivity index (χ4v) is 1.82. The van der Waals surface area contributed by atoms with Crippen molar-refractivity contribution in [2.24, 2.45) is 5.92 Å². The molecular formula is C13H23N3O4. The SMILES string of the molecule is CCN(C)C(=O)C(C)NC(=O)N(CC(=O)O)CC1CC1. The summed E-state index contributed by atoms with van der Waals surface area (Å²) in [6.07, 6.45) is 2.05. The monoisotopic (exact) mass is 285 g/mol. The number of carbonyl (C=O) groups is 3. The molecule has 0 aliphatic heterocycles. The lowest BCUT2D eigenvalue weighted by molar-refractivity contribution is -0.137. The highest BCUT2D eigenvalue weighted by molar-refractivity contribution is 5.87. The minimum absolute atomic E-state index is 0.192. The Balaban J connectivity index is 2.55. The van der Waals surface area contributed by atoms with Crippen LogP contribution < -0.4 is 5.32 Å². The van der Waals surface area contributed by atoms with Gasteiger partial charge < -0.3 is 20.2 Å². The second-order valence-corrected chi connectivity index (χ2v) is 5.24. The maximum Gasteiger partial charge on any atom is 0.323 e. The molecule has 114 valence electrons. The number of carboxylic acid groups (broad SMARTS) is 1. The maximum absolute atomic E-state index is 12.0. The molecule has 0 radical (unpaired) electrons. The van der Waals surface area contributed by atoms with Crippen molar-refractivity contribution in [3.8, 4) is 0 Å². The fraction of sp³-hybridized carbons (Fsp3) is 0.769. The van der Waals surface area contributed by atoms with E-state index in [0.717, 1.165) is 12.8 Å². The Labute approximate surface area is 118 Å². The van der Waals surface area contributed by atoms with Crippen LogP contribution in [0.2, 0.25) is 0 Å². The summed E-state index contributed by atoms with van der Waals surface area (Å²) in [5, 5.41) is 11.4. The number of amides is 3. The van der Waals surface area contributed by atoms with Crippen molar-refractivity contribution < 1.29 is 19.5 Å². The Bertz CT molecular complexity index is 382. The van der Waals surface area contributed by atoms with E-state index in [2.05, 4.69) is 5.32 Å². The minimum atomic E-state index is -1.05. The average Bonchev–Trinajstić information content (AvgIpc) is 3.19. The number of nitrogens with zero attached hydrogens (tertiary/aromatic N) is 2. The number of hydrogen-bond donors (Lipinski definition) is 2. The first-order valence-corrected chi connectivity index (χ1v) is 6.87. The topological polar surface area (TPSA) is 90.0 Å². The predicted molar refractivity (Wildman–Crippen MR) is 73.2 cm³/mol. The highest BCUT2D eigenvalue weighted by Gasteiger charge is 2.29. The second-order valence-electron chi connectivity index (χ2n) is 5.24. The van der Waals surface area contributed by atoms with Crippen molar-refractivity contribution in [2.45, 2.75) is 32.7 Å². The fourth-order valence-electron chi connectivity index (χ4n) is 1.82. The van der Waals surface area contributed by atoms with Crippen LogP contribution in [0.1, 0.15) is 26.7 Å². The molecule has 0 aromatic rings. The van der Waals surface area contributed by atoms with Crippen molar-refractivity contribution in [2.75, 3.05) is 26.7 Å². The number of nitrogens with one attached hydrogen (secondary N) is 1. The molecule has 1 aliphatic rings. The third-order valence-electron chi connectivity index (χ3n) is 3.35. The van der Waals surface area contributed by atoms with Gasteiger partial charge in [-0.3, -0.25) is 9.59 Å². The normalized spacial score (nSPS) is 15.3. The van der Waals surface area contributed by atoms with E-state index >= 15 is 0 Å². The molecule has 20 heavy (non-hydrogen) atoms. The van der Waals surface area contributed by atoms with Gasteiger partial charge in [-0.1, -0.05) is 0 Å². The van der Waals surface area contributed by atoms with Gasteiger partial charge in [-0.2, -0.15) is 0 Å². The summed E-state index contributed by atoms with van der Waals surface area (Å²) in [7, 11) is 1.66. The Morgan fingerprint density at radius 3 is 2.40 bits per heavy atom. The van der Waals surface area contributed by atoms with Gasteiger partial charge in [0.05, 0.1) is 0 Å². The van der Waals surface area contributed by atoms with E-state index in [0.29, 0.717) is 19.0 Å². The third-order valence-corrected chi connectivity index (χ3v) is 3.35. The van der Waals surface area contributed by atoms with Crippen LogP contribution in [0.4, 0.5) is 4.79 Å². The van der Waals surface area contributed by atoms with Gasteiger partial charge in [0.15, 0.2) is 0 Å². The molecule has 1 saturated carbocycles. The number of likely N-dealkylation sites (N-methyl/N-ethyl adjacent to an activating group) is 1. The maximum atomic E-state index is 12.0. The van der Waals surface area contributed by atoms with Crippen LogP contribution in [-0.2, 0) is 9.59 Å². The molecule has 0 saturated heterocycles. The summed E-state index contributed by atoms with van der Waals surface area (Å²) in [4.78, 5) is 37.5. The van der Waals surface area contributed by atoms with E-state index in [9.17, 15) is 14.4 Å². The third kappa shape index (κ3) is 5.07. The number of carboxylic acids is 1. The van der Waals surface area contributed by atoms with Crippen LogP contribution in [0.5, 0.6) is 0 Å². The van der Waals surface area contributed by atoms with E-state index in [1.165, 1.54) is 9.80 Å². The number of aliphatic carboxylic acids is 1. The van der Waals surface area contributed by atoms with Crippen LogP contribution in [0, 0.1) is 5.92 Å². The molecule has 1 aliphatic carbocycles. The zero-order valence-corrected chi connectivity index (χ0v) is 12.3. The van der Waals surface area contributed by atoms with Gasteiger partial charge >= 0.3 is 12.0 Å². The van der Waals surface area contributed by atoms with Gasteiger partial charge in [0.25, 0.3) is 0 Å². The van der Waals surface area contributed by atoms with E-state index < -0.39 is 18.0 Å². The second kappa shape index (κ2) is 7.12. The van der Waals surface area contributed by atoms with Crippen LogP contribution in [0.25, 0.3) is 0 Å². The summed E-state index contributed by atoms with van der Waals surface area (Å²) in [6, 6.07) is -1.16. The Hall–Kier alpha value is -1.79. The van der Waals surface area contributed by atoms with Crippen LogP contribution in [-0.4, -0.2) is 65.5 Å². The average molecular weight is 285 g/mol. The molecule has 0 spiro atoms. The molecule has 0 aromatic carbocycles. The van der Waals surface area contributed by atoms with Crippen LogP contribution >= 0.6 is 0 Å². The molecule has 1 rings (SSSR count). The van der Waals surface area contributed by atoms with Crippen molar-refractivity contribution in [1.82, 2.24) is 15.1 Å². The molecular weight excluding hydrogens is 262 g/mol. The minimum Gasteiger partial charge on any atom is -0.480 e. The quantitative estimate of drug-likeness (QED) is 0.706. The first-order valence-electron chi connectivity index (χ1n) is 6.87. The van der Waals surface area contributed by atoms with Gasteiger partial charge in [0.1, 0.15) is 12.6 Å². The lowest BCUT2D eigenvalue weighted by atomic mass is 10.3. The highest BCUT2D eigenvalue weighted by Crippen LogP contribution is 2.29. The molecule has 1 fully saturated rings. The van der Waals surface area contributed by atoms with E-state index in [1.807, 2.05) is 6.92 Å². The summed E-state index contributed by atoms with van der Waals surface area (Å²) in [6.45, 7) is 4.09. The molecule has 7 nitrogen and oxygen atoms in total. The molecule has 2 N–H and O–H groups in total. The Morgan fingerprint density at radius 2 is 1.95 bits per heavy atom. The molecule has 3 amide bonds. The molecule has 0 aromatic heterocycles. The summed E-state index contributed by atoms with van der Waals surface area (Å²) in [5.41, 5.74) is 0. The largest absolute Gasteiger partial charge is 0.480 e. The number of urea groups is 1. The first-order chi connectivity index (χ1) is 9.35. The van der Waals surface area contributed by atoms with E-state index in [-0.39, 0.29) is 12.5 Å². The van der Waals surface area contributed by atoms with Crippen LogP contribution in [0.3, 0.4) is 0 Å². The van der Waals surface area contributed by atoms with Gasteiger partial charge in [0, 0.05) is 20.1 Å². The summed E-state index contributed by atoms with van der Waals surface area (Å²) in [5.74, 6) is -0.850. The zero-order chi connectivity index (χ0) is 15.3. The molecule has 1 unspecified atom stereocenters. The van der Waals surface area contributed by atoms with Crippen molar-refractivity contribution in [3.63, 3.8) is 0 Å². The lowest BCUT2D eigenvalue weighted by Gasteiger charge is -2.25. The molecule has 0 bridgehead atoms. The zero-order valence-electron chi connectivity index (χ0n) is 12.3. The van der Waals surface area contributed by atoms with Gasteiger partial charge in [-0.15, -0.1) is 0 Å². The summed E-state index contributed by atoms with van der Waals surface area (Å²) >= 11 is 0. The predicted octanol–water partition coefficient (Wildman–Crippen LogP) is 0.359. The Morgan fingerprint density at radius 1 is 1.35 bits per heavy atom. The van der Waals surface area contributed by atoms with E-state index in [4.69, 9.17) is 5.11 Å². The molecule has 7 heteroatoms. The van der Waals surface area contributed by atoms with Crippen LogP contribution in [0.15, 0.2) is 0 Å². The lowest BCUT2D eigenvalue weighted by Crippen LogP contribution is -2.51. The van der Waals surface area contributed by atoms with Crippen molar-refractivity contribution in [3.05, 3.63) is 0 Å². The van der Waals surface area contributed by atoms with E-state index in [1.54, 1.807) is 14.0 Å². The number of carbonyl (C=O) groups excluding carboxylic acids is 2. The van der Waals surface area contributed by atoms with Gasteiger partial charge in [-0.25, -0.2) is 4.79 Å². The smallest absolute Gasteiger partial charge is 0.323 e. The molecule has 1 atom stereocenters. The number of hydrogen-bond acceptors (Lipinski definition) is 3. The number of rotatable bonds is 7.